The van der Waals surface area contributed by atoms with Crippen molar-refractivity contribution in [1.29, 1.82) is 0 Å². The zero-order valence-electron chi connectivity index (χ0n) is 12.2. The zero-order chi connectivity index (χ0) is 13.7. The highest BCUT2D eigenvalue weighted by Gasteiger charge is 2.36. The molecule has 0 aliphatic carbocycles. The van der Waals surface area contributed by atoms with Crippen LogP contribution in [0.3, 0.4) is 0 Å². The van der Waals surface area contributed by atoms with Gasteiger partial charge >= 0.3 is 0 Å². The minimum atomic E-state index is 0.669. The number of hydrogen-bond donors (Lipinski definition) is 1. The minimum absolute atomic E-state index is 0.669. The number of aromatic nitrogens is 2. The van der Waals surface area contributed by atoms with Crippen molar-refractivity contribution < 1.29 is 0 Å². The Kier molecular flexibility index (Phi) is 3.09. The van der Waals surface area contributed by atoms with Crippen molar-refractivity contribution in [2.75, 3.05) is 13.1 Å². The Labute approximate surface area is 123 Å². The SMILES string of the molecule is Cc1cn2c(CNC3CCN4CCCC34)c(C)nc2s1. The van der Waals surface area contributed by atoms with Crippen LogP contribution in [0.5, 0.6) is 0 Å². The Bertz CT molecular complexity index is 629. The third-order valence-electron chi connectivity index (χ3n) is 4.88. The minimum Gasteiger partial charge on any atom is -0.307 e. The van der Waals surface area contributed by atoms with Gasteiger partial charge in [-0.15, -0.1) is 11.3 Å². The first kappa shape index (κ1) is 12.8. The van der Waals surface area contributed by atoms with Gasteiger partial charge in [0.1, 0.15) is 0 Å². The molecule has 108 valence electrons. The van der Waals surface area contributed by atoms with E-state index in [2.05, 4.69) is 39.6 Å². The van der Waals surface area contributed by atoms with Crippen molar-refractivity contribution in [2.45, 2.75) is 51.7 Å². The van der Waals surface area contributed by atoms with E-state index < -0.39 is 0 Å². The van der Waals surface area contributed by atoms with Gasteiger partial charge in [-0.25, -0.2) is 4.98 Å². The molecule has 2 aliphatic heterocycles. The maximum Gasteiger partial charge on any atom is 0.194 e. The molecule has 2 atom stereocenters. The van der Waals surface area contributed by atoms with Crippen LogP contribution in [0, 0.1) is 13.8 Å². The summed E-state index contributed by atoms with van der Waals surface area (Å²) in [6, 6.07) is 1.45. The Morgan fingerprint density at radius 2 is 2.25 bits per heavy atom. The van der Waals surface area contributed by atoms with Crippen molar-refractivity contribution >= 4 is 16.3 Å². The number of aryl methyl sites for hydroxylation is 2. The van der Waals surface area contributed by atoms with E-state index in [1.54, 1.807) is 11.3 Å². The number of thiazole rings is 1. The van der Waals surface area contributed by atoms with Crippen LogP contribution in [0.4, 0.5) is 0 Å². The molecule has 4 nitrogen and oxygen atoms in total. The maximum absolute atomic E-state index is 4.68. The van der Waals surface area contributed by atoms with E-state index in [0.717, 1.165) is 17.5 Å². The van der Waals surface area contributed by atoms with Gasteiger partial charge in [-0.05, 0) is 39.7 Å². The van der Waals surface area contributed by atoms with Gasteiger partial charge in [-0.1, -0.05) is 0 Å². The predicted octanol–water partition coefficient (Wildman–Crippen LogP) is 2.34. The van der Waals surface area contributed by atoms with Crippen molar-refractivity contribution in [1.82, 2.24) is 19.6 Å². The molecular weight excluding hydrogens is 268 g/mol. The molecule has 0 spiro atoms. The van der Waals surface area contributed by atoms with Crippen LogP contribution in [0.25, 0.3) is 4.96 Å². The number of imidazole rings is 1. The lowest BCUT2D eigenvalue weighted by Gasteiger charge is -2.21. The van der Waals surface area contributed by atoms with Crippen molar-refractivity contribution in [2.24, 2.45) is 0 Å². The molecule has 20 heavy (non-hydrogen) atoms. The first-order chi connectivity index (χ1) is 9.72. The number of fused-ring (bicyclic) bond motifs is 2. The van der Waals surface area contributed by atoms with E-state index in [1.807, 2.05) is 0 Å². The number of hydrogen-bond acceptors (Lipinski definition) is 4. The zero-order valence-corrected chi connectivity index (χ0v) is 13.0. The van der Waals surface area contributed by atoms with Crippen LogP contribution in [-0.2, 0) is 6.54 Å². The first-order valence-electron chi connectivity index (χ1n) is 7.64. The van der Waals surface area contributed by atoms with Gasteiger partial charge in [0.15, 0.2) is 4.96 Å². The molecular formula is C15H22N4S. The fourth-order valence-corrected chi connectivity index (χ4v) is 4.76. The average Bonchev–Trinajstić information content (AvgIpc) is 3.10. The second kappa shape index (κ2) is 4.83. The summed E-state index contributed by atoms with van der Waals surface area (Å²) in [5.74, 6) is 0. The summed E-state index contributed by atoms with van der Waals surface area (Å²) in [4.78, 5) is 9.80. The third kappa shape index (κ3) is 2.00. The average molecular weight is 290 g/mol. The topological polar surface area (TPSA) is 32.6 Å². The normalized spacial score (nSPS) is 26.7. The van der Waals surface area contributed by atoms with Gasteiger partial charge in [-0.2, -0.15) is 0 Å². The molecule has 2 aromatic rings. The predicted molar refractivity (Wildman–Crippen MR) is 82.4 cm³/mol. The smallest absolute Gasteiger partial charge is 0.194 e. The molecule has 5 heteroatoms. The second-order valence-corrected chi connectivity index (χ2v) is 7.37. The van der Waals surface area contributed by atoms with E-state index in [0.29, 0.717) is 6.04 Å². The molecule has 0 amide bonds. The molecule has 0 aromatic carbocycles. The maximum atomic E-state index is 4.68. The Balaban J connectivity index is 1.51. The van der Waals surface area contributed by atoms with Crippen molar-refractivity contribution in [3.63, 3.8) is 0 Å². The summed E-state index contributed by atoms with van der Waals surface area (Å²) >= 11 is 1.78. The molecule has 1 N–H and O–H groups in total. The van der Waals surface area contributed by atoms with E-state index in [4.69, 9.17) is 0 Å². The lowest BCUT2D eigenvalue weighted by molar-refractivity contribution is 0.298. The molecule has 0 saturated carbocycles. The van der Waals surface area contributed by atoms with Crippen molar-refractivity contribution in [3.8, 4) is 0 Å². The molecule has 2 unspecified atom stereocenters. The Hall–Kier alpha value is -0.910. The number of rotatable bonds is 3. The highest BCUT2D eigenvalue weighted by Crippen LogP contribution is 2.28. The van der Waals surface area contributed by atoms with Crippen LogP contribution in [0.1, 0.15) is 35.5 Å². The lowest BCUT2D eigenvalue weighted by atomic mass is 10.1. The summed E-state index contributed by atoms with van der Waals surface area (Å²) in [6.07, 6.45) is 6.26. The molecule has 0 bridgehead atoms. The van der Waals surface area contributed by atoms with E-state index >= 15 is 0 Å². The Morgan fingerprint density at radius 3 is 3.15 bits per heavy atom. The van der Waals surface area contributed by atoms with Gasteiger partial charge in [0.2, 0.25) is 0 Å². The quantitative estimate of drug-likeness (QED) is 0.942. The molecule has 4 heterocycles. The molecule has 2 aliphatic rings. The molecule has 2 aromatic heterocycles. The first-order valence-corrected chi connectivity index (χ1v) is 8.45. The third-order valence-corrected chi connectivity index (χ3v) is 5.78. The van der Waals surface area contributed by atoms with E-state index in [1.165, 1.54) is 48.6 Å². The fourth-order valence-electron chi connectivity index (χ4n) is 3.87. The van der Waals surface area contributed by atoms with Gasteiger partial charge in [0, 0.05) is 36.2 Å². The second-order valence-electron chi connectivity index (χ2n) is 6.16. The number of nitrogens with one attached hydrogen (secondary N) is 1. The van der Waals surface area contributed by atoms with Gasteiger partial charge in [-0.3, -0.25) is 9.30 Å². The van der Waals surface area contributed by atoms with Gasteiger partial charge in [0.05, 0.1) is 11.4 Å². The highest BCUT2D eigenvalue weighted by molar-refractivity contribution is 7.17. The summed E-state index contributed by atoms with van der Waals surface area (Å²) in [5.41, 5.74) is 2.51. The summed E-state index contributed by atoms with van der Waals surface area (Å²) in [7, 11) is 0. The van der Waals surface area contributed by atoms with Crippen LogP contribution in [0.15, 0.2) is 6.20 Å². The summed E-state index contributed by atoms with van der Waals surface area (Å²) in [5, 5.41) is 3.80. The largest absolute Gasteiger partial charge is 0.307 e. The molecule has 4 rings (SSSR count). The summed E-state index contributed by atoms with van der Waals surface area (Å²) < 4.78 is 2.27. The standard InChI is InChI=1S/C15H22N4S/c1-10-9-19-14(11(2)17-15(19)20-10)8-16-12-5-7-18-6-3-4-13(12)18/h9,12-13,16H,3-8H2,1-2H3. The summed E-state index contributed by atoms with van der Waals surface area (Å²) in [6.45, 7) is 7.81. The van der Waals surface area contributed by atoms with E-state index in [9.17, 15) is 0 Å². The molecule has 2 fully saturated rings. The Morgan fingerprint density at radius 1 is 1.35 bits per heavy atom. The van der Waals surface area contributed by atoms with Crippen LogP contribution in [-0.4, -0.2) is 39.5 Å². The molecule has 0 radical (unpaired) electrons. The molecule has 2 saturated heterocycles. The number of nitrogens with zero attached hydrogens (tertiary/aromatic N) is 3. The van der Waals surface area contributed by atoms with Gasteiger partial charge < -0.3 is 5.32 Å². The van der Waals surface area contributed by atoms with Crippen LogP contribution < -0.4 is 5.32 Å². The monoisotopic (exact) mass is 290 g/mol. The fraction of sp³-hybridized carbons (Fsp3) is 0.667. The van der Waals surface area contributed by atoms with Crippen molar-refractivity contribution in [3.05, 3.63) is 22.5 Å². The lowest BCUT2D eigenvalue weighted by Crippen LogP contribution is -2.39. The van der Waals surface area contributed by atoms with Crippen LogP contribution >= 0.6 is 11.3 Å². The van der Waals surface area contributed by atoms with Crippen LogP contribution in [0.2, 0.25) is 0 Å². The highest BCUT2D eigenvalue weighted by atomic mass is 32.1. The van der Waals surface area contributed by atoms with Gasteiger partial charge in [0.25, 0.3) is 0 Å². The van der Waals surface area contributed by atoms with E-state index in [-0.39, 0.29) is 0 Å².